The number of halogens is 1. The minimum absolute atomic E-state index is 0.461. The highest BCUT2D eigenvalue weighted by Crippen LogP contribution is 2.32. The maximum Gasteiger partial charge on any atom is 0.320 e. The molecule has 0 bridgehead atoms. The van der Waals surface area contributed by atoms with Crippen LogP contribution in [0, 0.1) is 6.92 Å². The Morgan fingerprint density at radius 3 is 2.59 bits per heavy atom. The van der Waals surface area contributed by atoms with Gasteiger partial charge in [-0.1, -0.05) is 78.7 Å². The third kappa shape index (κ3) is 5.35. The summed E-state index contributed by atoms with van der Waals surface area (Å²) in [5.41, 5.74) is 6.49. The van der Waals surface area contributed by atoms with Crippen LogP contribution in [0.3, 0.4) is 0 Å². The van der Waals surface area contributed by atoms with Crippen molar-refractivity contribution >= 4 is 29.7 Å². The quantitative estimate of drug-likeness (QED) is 0.376. The Labute approximate surface area is 206 Å². The van der Waals surface area contributed by atoms with Crippen LogP contribution in [0.5, 0.6) is 5.75 Å². The fourth-order valence-corrected chi connectivity index (χ4v) is 4.92. The van der Waals surface area contributed by atoms with Crippen molar-refractivity contribution in [2.75, 3.05) is 13.7 Å². The van der Waals surface area contributed by atoms with E-state index in [1.54, 1.807) is 7.11 Å². The van der Waals surface area contributed by atoms with Gasteiger partial charge in [-0.2, -0.15) is 0 Å². The van der Waals surface area contributed by atoms with Crippen LogP contribution < -0.4 is 4.74 Å². The van der Waals surface area contributed by atoms with E-state index in [0.29, 0.717) is 23.7 Å². The summed E-state index contributed by atoms with van der Waals surface area (Å²) in [6.07, 6.45) is 6.70. The number of methoxy groups -OCH3 is 1. The molecule has 1 N–H and O–H groups in total. The largest absolute Gasteiger partial charge is 0.496 e. The van der Waals surface area contributed by atoms with Crippen molar-refractivity contribution < 1.29 is 14.6 Å². The molecule has 0 spiro atoms. The van der Waals surface area contributed by atoms with E-state index in [0.717, 1.165) is 36.1 Å². The van der Waals surface area contributed by atoms with Crippen LogP contribution in [0.1, 0.15) is 41.5 Å². The molecule has 0 aromatic heterocycles. The number of hydrogen-bond donors (Lipinski definition) is 1. The minimum atomic E-state index is -0.766. The monoisotopic (exact) mass is 475 g/mol. The lowest BCUT2D eigenvalue weighted by molar-refractivity contribution is -0.144. The topological polar surface area (TPSA) is 49.8 Å². The van der Waals surface area contributed by atoms with Crippen LogP contribution >= 0.6 is 11.6 Å². The Hall–Kier alpha value is -3.08. The minimum Gasteiger partial charge on any atom is -0.496 e. The summed E-state index contributed by atoms with van der Waals surface area (Å²) in [5, 5.41) is 10.2. The number of carboxylic acids is 1. The molecule has 0 unspecified atom stereocenters. The van der Waals surface area contributed by atoms with E-state index in [2.05, 4.69) is 43.3 Å². The number of aliphatic carboxylic acids is 1. The maximum absolute atomic E-state index is 11.7. The Kier molecular flexibility index (Phi) is 7.71. The van der Waals surface area contributed by atoms with Crippen molar-refractivity contribution in [2.24, 2.45) is 0 Å². The first kappa shape index (κ1) is 24.1. The fourth-order valence-electron chi connectivity index (χ4n) is 4.67. The standard InChI is InChI=1S/C29H30ClNO3/c1-20-21(11-8-12-25(20)22-9-4-3-5-10-22)14-15-23-18-28(34-2)24(17-26(23)30)19-31-16-7-6-13-27(31)29(32)33/h3-5,8-12,14-15,17-18,27H,6-7,13,16,19H2,1-2H3,(H,32,33)/b15-14+/t27-/m0/s1. The van der Waals surface area contributed by atoms with Crippen molar-refractivity contribution in [2.45, 2.75) is 38.8 Å². The summed E-state index contributed by atoms with van der Waals surface area (Å²) >= 11 is 6.67. The van der Waals surface area contributed by atoms with Crippen LogP contribution in [0.2, 0.25) is 5.02 Å². The second kappa shape index (κ2) is 10.9. The predicted molar refractivity (Wildman–Crippen MR) is 139 cm³/mol. The smallest absolute Gasteiger partial charge is 0.320 e. The molecule has 1 aliphatic rings. The average Bonchev–Trinajstić information content (AvgIpc) is 2.85. The fraction of sp³-hybridized carbons (Fsp3) is 0.276. The first-order chi connectivity index (χ1) is 16.5. The first-order valence-electron chi connectivity index (χ1n) is 11.6. The molecule has 1 atom stereocenters. The molecule has 1 fully saturated rings. The number of nitrogens with zero attached hydrogens (tertiary/aromatic N) is 1. The Balaban J connectivity index is 1.60. The summed E-state index contributed by atoms with van der Waals surface area (Å²) in [6.45, 7) is 3.39. The van der Waals surface area contributed by atoms with Crippen LogP contribution in [0.4, 0.5) is 0 Å². The zero-order valence-corrected chi connectivity index (χ0v) is 20.4. The van der Waals surface area contributed by atoms with Gasteiger partial charge >= 0.3 is 5.97 Å². The highest BCUT2D eigenvalue weighted by atomic mass is 35.5. The summed E-state index contributed by atoms with van der Waals surface area (Å²) in [4.78, 5) is 13.7. The molecule has 4 rings (SSSR count). The van der Waals surface area contributed by atoms with Crippen molar-refractivity contribution in [3.8, 4) is 16.9 Å². The number of benzene rings is 3. The maximum atomic E-state index is 11.7. The molecule has 0 radical (unpaired) electrons. The van der Waals surface area contributed by atoms with E-state index in [9.17, 15) is 9.90 Å². The lowest BCUT2D eigenvalue weighted by Crippen LogP contribution is -2.44. The zero-order valence-electron chi connectivity index (χ0n) is 19.6. The molecule has 1 saturated heterocycles. The lowest BCUT2D eigenvalue weighted by atomic mass is 9.96. The van der Waals surface area contributed by atoms with Gasteiger partial charge < -0.3 is 9.84 Å². The third-order valence-corrected chi connectivity index (χ3v) is 6.90. The van der Waals surface area contributed by atoms with Gasteiger partial charge in [0.2, 0.25) is 0 Å². The van der Waals surface area contributed by atoms with E-state index < -0.39 is 12.0 Å². The van der Waals surface area contributed by atoms with Gasteiger partial charge in [0.25, 0.3) is 0 Å². The van der Waals surface area contributed by atoms with E-state index in [4.69, 9.17) is 16.3 Å². The number of likely N-dealkylation sites (tertiary alicyclic amines) is 1. The van der Waals surface area contributed by atoms with Crippen LogP contribution in [-0.4, -0.2) is 35.7 Å². The third-order valence-electron chi connectivity index (χ3n) is 6.57. The number of rotatable bonds is 7. The molecule has 0 saturated carbocycles. The number of carbonyl (C=O) groups is 1. The highest BCUT2D eigenvalue weighted by molar-refractivity contribution is 6.32. The van der Waals surface area contributed by atoms with Crippen molar-refractivity contribution in [3.63, 3.8) is 0 Å². The Bertz CT molecular complexity index is 1190. The summed E-state index contributed by atoms with van der Waals surface area (Å²) in [7, 11) is 1.64. The molecule has 3 aromatic carbocycles. The van der Waals surface area contributed by atoms with Crippen LogP contribution in [-0.2, 0) is 11.3 Å². The van der Waals surface area contributed by atoms with E-state index in [1.165, 1.54) is 16.7 Å². The normalized spacial score (nSPS) is 16.6. The molecule has 1 aliphatic heterocycles. The number of ether oxygens (including phenoxy) is 1. The van der Waals surface area contributed by atoms with Gasteiger partial charge in [-0.05, 0) is 66.3 Å². The average molecular weight is 476 g/mol. The second-order valence-corrected chi connectivity index (χ2v) is 9.13. The van der Waals surface area contributed by atoms with E-state index >= 15 is 0 Å². The van der Waals surface area contributed by atoms with Gasteiger partial charge in [0.15, 0.2) is 0 Å². The molecule has 5 heteroatoms. The van der Waals surface area contributed by atoms with E-state index in [-0.39, 0.29) is 0 Å². The molecule has 0 aliphatic carbocycles. The van der Waals surface area contributed by atoms with Gasteiger partial charge in [0.1, 0.15) is 11.8 Å². The summed E-state index contributed by atoms with van der Waals surface area (Å²) in [6, 6.07) is 20.0. The molecule has 4 nitrogen and oxygen atoms in total. The molecular formula is C29H30ClNO3. The Morgan fingerprint density at radius 2 is 1.85 bits per heavy atom. The Morgan fingerprint density at radius 1 is 1.09 bits per heavy atom. The molecule has 34 heavy (non-hydrogen) atoms. The lowest BCUT2D eigenvalue weighted by Gasteiger charge is -2.33. The van der Waals surface area contributed by atoms with Crippen molar-refractivity contribution in [1.29, 1.82) is 0 Å². The van der Waals surface area contributed by atoms with Crippen LogP contribution in [0.15, 0.2) is 60.7 Å². The SMILES string of the molecule is COc1cc(/C=C/c2cccc(-c3ccccc3)c2C)c(Cl)cc1CN1CCCC[C@H]1C(=O)O. The predicted octanol–water partition coefficient (Wildman–Crippen LogP) is 6.93. The highest BCUT2D eigenvalue weighted by Gasteiger charge is 2.29. The van der Waals surface area contributed by atoms with Crippen molar-refractivity contribution in [1.82, 2.24) is 4.90 Å². The number of hydrogen-bond acceptors (Lipinski definition) is 3. The van der Waals surface area contributed by atoms with E-state index in [1.807, 2.05) is 41.3 Å². The number of piperidine rings is 1. The summed E-state index contributed by atoms with van der Waals surface area (Å²) in [5.74, 6) is -0.0501. The molecular weight excluding hydrogens is 446 g/mol. The first-order valence-corrected chi connectivity index (χ1v) is 12.0. The van der Waals surface area contributed by atoms with Gasteiger partial charge in [-0.3, -0.25) is 9.69 Å². The number of carboxylic acid groups (broad SMARTS) is 1. The van der Waals surface area contributed by atoms with Gasteiger partial charge in [0.05, 0.1) is 7.11 Å². The van der Waals surface area contributed by atoms with Crippen LogP contribution in [0.25, 0.3) is 23.3 Å². The summed E-state index contributed by atoms with van der Waals surface area (Å²) < 4.78 is 5.66. The second-order valence-electron chi connectivity index (χ2n) is 8.73. The molecule has 0 amide bonds. The van der Waals surface area contributed by atoms with Crippen molar-refractivity contribution in [3.05, 3.63) is 87.9 Å². The molecule has 3 aromatic rings. The van der Waals surface area contributed by atoms with Gasteiger partial charge in [-0.15, -0.1) is 0 Å². The van der Waals surface area contributed by atoms with Gasteiger partial charge in [-0.25, -0.2) is 0 Å². The molecule has 1 heterocycles. The zero-order chi connectivity index (χ0) is 24.1. The molecule has 176 valence electrons. The van der Waals surface area contributed by atoms with Gasteiger partial charge in [0, 0.05) is 17.1 Å².